The molecule has 0 bridgehead atoms. The van der Waals surface area contributed by atoms with Crippen LogP contribution in [0.4, 0.5) is 0 Å². The lowest BCUT2D eigenvalue weighted by Crippen LogP contribution is -2.30. The smallest absolute Gasteiger partial charge is 0.243 e. The molecule has 0 spiro atoms. The minimum absolute atomic E-state index is 0.227. The largest absolute Gasteiger partial charge is 0.309 e. The maximum atomic E-state index is 16.1. The molecule has 1 aliphatic heterocycles. The first-order valence-corrected chi connectivity index (χ1v) is 18.3. The van der Waals surface area contributed by atoms with Gasteiger partial charge in [0.2, 0.25) is 10.0 Å². The first-order valence-electron chi connectivity index (χ1n) is 15.1. The van der Waals surface area contributed by atoms with Crippen molar-refractivity contribution in [2.24, 2.45) is 0 Å². The summed E-state index contributed by atoms with van der Waals surface area (Å²) in [7, 11) is -7.20. The molecule has 1 heterocycles. The Labute approximate surface area is 265 Å². The van der Waals surface area contributed by atoms with Crippen LogP contribution in [0.3, 0.4) is 0 Å². The summed E-state index contributed by atoms with van der Waals surface area (Å²) in [6.07, 6.45) is 0. The summed E-state index contributed by atoms with van der Waals surface area (Å²) < 4.78 is 45.6. The van der Waals surface area contributed by atoms with Crippen molar-refractivity contribution in [3.8, 4) is 11.1 Å². The van der Waals surface area contributed by atoms with E-state index in [2.05, 4.69) is 31.2 Å². The van der Waals surface area contributed by atoms with Gasteiger partial charge in [-0.3, -0.25) is 0 Å². The Bertz CT molecular complexity index is 2180. The van der Waals surface area contributed by atoms with Gasteiger partial charge in [-0.25, -0.2) is 8.42 Å². The predicted molar refractivity (Wildman–Crippen MR) is 186 cm³/mol. The van der Waals surface area contributed by atoms with Gasteiger partial charge < -0.3 is 4.57 Å². The van der Waals surface area contributed by atoms with Gasteiger partial charge in [0.25, 0.3) is 0 Å². The van der Waals surface area contributed by atoms with E-state index in [1.165, 1.54) is 0 Å². The van der Waals surface area contributed by atoms with Gasteiger partial charge in [-0.1, -0.05) is 121 Å². The highest BCUT2D eigenvalue weighted by Crippen LogP contribution is 2.50. The van der Waals surface area contributed by atoms with Crippen molar-refractivity contribution >= 4 is 43.9 Å². The van der Waals surface area contributed by atoms with E-state index in [0.29, 0.717) is 0 Å². The predicted octanol–water partition coefficient (Wildman–Crippen LogP) is 7.78. The highest BCUT2D eigenvalue weighted by Gasteiger charge is 2.40. The van der Waals surface area contributed by atoms with Crippen molar-refractivity contribution in [1.82, 2.24) is 4.31 Å². The van der Waals surface area contributed by atoms with Crippen molar-refractivity contribution in [2.45, 2.75) is 38.8 Å². The topological polar surface area (TPSA) is 54.5 Å². The molecule has 0 saturated heterocycles. The Morgan fingerprint density at radius 3 is 1.76 bits per heavy atom. The molecule has 0 aliphatic carbocycles. The summed E-state index contributed by atoms with van der Waals surface area (Å²) >= 11 is 0. The van der Waals surface area contributed by atoms with E-state index in [0.717, 1.165) is 65.6 Å². The highest BCUT2D eigenvalue weighted by atomic mass is 32.2. The third-order valence-corrected chi connectivity index (χ3v) is 14.2. The quantitative estimate of drug-likeness (QED) is 0.177. The summed E-state index contributed by atoms with van der Waals surface area (Å²) in [6, 6.07) is 41.0. The van der Waals surface area contributed by atoms with Crippen molar-refractivity contribution < 1.29 is 13.0 Å². The maximum Gasteiger partial charge on any atom is 0.243 e. The van der Waals surface area contributed by atoms with Crippen molar-refractivity contribution in [3.05, 3.63) is 155 Å². The zero-order valence-electron chi connectivity index (χ0n) is 25.6. The van der Waals surface area contributed by atoms with Gasteiger partial charge in [0.05, 0.1) is 4.90 Å². The van der Waals surface area contributed by atoms with Gasteiger partial charge in [0, 0.05) is 29.0 Å². The SMILES string of the molecule is Cc1ccc(S(=O)(=O)N2Cc3c(C)c(-c4cccc5ccccc45)c(P(=O)(c4ccccc4)c4ccccc4)c(C)c3C2)cc1. The van der Waals surface area contributed by atoms with Crippen LogP contribution in [0, 0.1) is 20.8 Å². The monoisotopic (exact) mass is 627 g/mol. The Morgan fingerprint density at radius 2 is 1.13 bits per heavy atom. The van der Waals surface area contributed by atoms with Crippen LogP contribution < -0.4 is 15.9 Å². The van der Waals surface area contributed by atoms with E-state index >= 15 is 4.57 Å². The van der Waals surface area contributed by atoms with E-state index in [4.69, 9.17) is 0 Å². The van der Waals surface area contributed by atoms with E-state index in [1.54, 1.807) is 16.4 Å². The second-order valence-electron chi connectivity index (χ2n) is 11.8. The number of hydrogen-bond donors (Lipinski definition) is 0. The Kier molecular flexibility index (Phi) is 7.37. The molecule has 6 aromatic carbocycles. The summed E-state index contributed by atoms with van der Waals surface area (Å²) in [5, 5.41) is 4.45. The minimum atomic E-state index is -3.76. The summed E-state index contributed by atoms with van der Waals surface area (Å²) in [5.74, 6) is 0. The number of nitrogens with zero attached hydrogens (tertiary/aromatic N) is 1. The van der Waals surface area contributed by atoms with Crippen LogP contribution in [0.1, 0.15) is 27.8 Å². The molecular weight excluding hydrogens is 593 g/mol. The molecular formula is C39H34NO3PS. The molecule has 0 N–H and O–H groups in total. The van der Waals surface area contributed by atoms with Crippen LogP contribution in [0.5, 0.6) is 0 Å². The van der Waals surface area contributed by atoms with Gasteiger partial charge in [0.15, 0.2) is 7.14 Å². The molecule has 45 heavy (non-hydrogen) atoms. The van der Waals surface area contributed by atoms with Crippen LogP contribution in [-0.4, -0.2) is 12.7 Å². The van der Waals surface area contributed by atoms with Gasteiger partial charge in [-0.05, 0) is 77.1 Å². The number of rotatable bonds is 6. The lowest BCUT2D eigenvalue weighted by atomic mass is 9.88. The van der Waals surface area contributed by atoms with Crippen LogP contribution in [0.15, 0.2) is 132 Å². The van der Waals surface area contributed by atoms with E-state index in [9.17, 15) is 8.42 Å². The van der Waals surface area contributed by atoms with Gasteiger partial charge in [-0.2, -0.15) is 4.31 Å². The van der Waals surface area contributed by atoms with E-state index in [1.807, 2.05) is 105 Å². The maximum absolute atomic E-state index is 16.1. The zero-order chi connectivity index (χ0) is 31.3. The molecule has 0 radical (unpaired) electrons. The molecule has 0 atom stereocenters. The fraction of sp³-hybridized carbons (Fsp3) is 0.128. The van der Waals surface area contributed by atoms with E-state index < -0.39 is 17.2 Å². The lowest BCUT2D eigenvalue weighted by Gasteiger charge is -2.28. The van der Waals surface area contributed by atoms with Gasteiger partial charge in [-0.15, -0.1) is 0 Å². The number of aryl methyl sites for hydroxylation is 1. The molecule has 6 aromatic rings. The average Bonchev–Trinajstić information content (AvgIpc) is 3.54. The molecule has 0 unspecified atom stereocenters. The van der Waals surface area contributed by atoms with Crippen LogP contribution >= 0.6 is 7.14 Å². The summed E-state index contributed by atoms with van der Waals surface area (Å²) in [4.78, 5) is 0.282. The van der Waals surface area contributed by atoms with Gasteiger partial charge in [0.1, 0.15) is 0 Å². The first kappa shape index (κ1) is 29.4. The highest BCUT2D eigenvalue weighted by molar-refractivity contribution is 7.89. The summed E-state index contributed by atoms with van der Waals surface area (Å²) in [5.41, 5.74) is 6.71. The Morgan fingerprint density at radius 1 is 0.600 bits per heavy atom. The summed E-state index contributed by atoms with van der Waals surface area (Å²) in [6.45, 7) is 6.54. The fourth-order valence-electron chi connectivity index (χ4n) is 6.83. The molecule has 0 amide bonds. The number of hydrogen-bond acceptors (Lipinski definition) is 3. The molecule has 0 saturated carbocycles. The lowest BCUT2D eigenvalue weighted by molar-refractivity contribution is 0.431. The number of fused-ring (bicyclic) bond motifs is 2. The van der Waals surface area contributed by atoms with Gasteiger partial charge >= 0.3 is 0 Å². The fourth-order valence-corrected chi connectivity index (χ4v) is 11.4. The molecule has 0 fully saturated rings. The Hall–Kier alpha value is -4.28. The molecule has 4 nitrogen and oxygen atoms in total. The van der Waals surface area contributed by atoms with Crippen LogP contribution in [-0.2, 0) is 27.7 Å². The van der Waals surface area contributed by atoms with Crippen molar-refractivity contribution in [2.75, 3.05) is 0 Å². The van der Waals surface area contributed by atoms with Crippen molar-refractivity contribution in [3.63, 3.8) is 0 Å². The Balaban J connectivity index is 1.55. The van der Waals surface area contributed by atoms with Crippen molar-refractivity contribution in [1.29, 1.82) is 0 Å². The second-order valence-corrected chi connectivity index (χ2v) is 16.5. The van der Waals surface area contributed by atoms with Crippen LogP contribution in [0.2, 0.25) is 0 Å². The normalized spacial score (nSPS) is 13.7. The third kappa shape index (κ3) is 4.78. The number of sulfonamides is 1. The molecule has 224 valence electrons. The zero-order valence-corrected chi connectivity index (χ0v) is 27.3. The third-order valence-electron chi connectivity index (χ3n) is 9.18. The second kappa shape index (κ2) is 11.3. The number of benzene rings is 6. The molecule has 6 heteroatoms. The molecule has 1 aliphatic rings. The molecule has 7 rings (SSSR count). The standard InChI is InChI=1S/C39H34NO3PS/c1-27-21-23-33(24-22-27)45(42,43)40-25-36-28(2)38(35-20-12-14-30-13-10-11-19-34(30)35)39(29(3)37(36)26-40)44(41,31-15-6-4-7-16-31)32-17-8-5-9-18-32/h4-24H,25-26H2,1-3H3. The average molecular weight is 628 g/mol. The van der Waals surface area contributed by atoms with E-state index in [-0.39, 0.29) is 18.0 Å². The molecule has 0 aromatic heterocycles. The van der Waals surface area contributed by atoms with Crippen LogP contribution in [0.25, 0.3) is 21.9 Å². The first-order chi connectivity index (χ1) is 21.7. The minimum Gasteiger partial charge on any atom is -0.309 e.